The molecule has 4 aromatic rings. The summed E-state index contributed by atoms with van der Waals surface area (Å²) in [5.74, 6) is -10.9. The molecule has 6 rings (SSSR count). The fourth-order valence-corrected chi connectivity index (χ4v) is 5.97. The molecule has 2 aliphatic carbocycles. The Labute approximate surface area is 249 Å². The van der Waals surface area contributed by atoms with Crippen molar-refractivity contribution in [3.63, 3.8) is 0 Å². The first kappa shape index (κ1) is 30.2. The number of nitrogens with one attached hydrogen (secondary N) is 1. The van der Waals surface area contributed by atoms with E-state index in [1.807, 2.05) is 0 Å². The normalized spacial score (nSPS) is 18.7. The highest BCUT2D eigenvalue weighted by molar-refractivity contribution is 5.94. The Balaban J connectivity index is 1.38. The Bertz CT molecular complexity index is 1830. The van der Waals surface area contributed by atoms with Crippen LogP contribution in [-0.4, -0.2) is 26.6 Å². The van der Waals surface area contributed by atoms with E-state index in [-0.39, 0.29) is 35.2 Å². The monoisotopic (exact) mass is 635 g/mol. The maximum atomic E-state index is 15.0. The Morgan fingerprint density at radius 2 is 1.78 bits per heavy atom. The second-order valence-corrected chi connectivity index (χ2v) is 10.9. The van der Waals surface area contributed by atoms with Crippen molar-refractivity contribution in [1.82, 2.24) is 20.1 Å². The van der Waals surface area contributed by atoms with Crippen molar-refractivity contribution in [1.29, 1.82) is 0 Å². The number of halogens is 8. The molecule has 2 aromatic heterocycles. The number of hydrogen-bond acceptors (Lipinski definition) is 4. The third-order valence-corrected chi connectivity index (χ3v) is 7.90. The number of fused-ring (bicyclic) bond motifs is 3. The number of benzene rings is 2. The van der Waals surface area contributed by atoms with Gasteiger partial charge in [-0.15, -0.1) is 0 Å². The van der Waals surface area contributed by atoms with Crippen LogP contribution >= 0.6 is 0 Å². The maximum Gasteiger partial charge on any atom is 0.435 e. The minimum absolute atomic E-state index is 0.0392. The average molecular weight is 636 g/mol. The van der Waals surface area contributed by atoms with Crippen molar-refractivity contribution >= 4 is 11.8 Å². The van der Waals surface area contributed by atoms with E-state index in [1.54, 1.807) is 0 Å². The molecule has 1 saturated carbocycles. The average Bonchev–Trinajstić information content (AvgIpc) is 3.60. The molecule has 2 heterocycles. The quantitative estimate of drug-likeness (QED) is 0.240. The summed E-state index contributed by atoms with van der Waals surface area (Å²) in [6, 6.07) is 7.71. The summed E-state index contributed by atoms with van der Waals surface area (Å²) in [7, 11) is 0. The van der Waals surface area contributed by atoms with E-state index in [1.165, 1.54) is 24.4 Å². The number of aromatic nitrogens is 3. The molecule has 0 saturated heterocycles. The first-order valence-electron chi connectivity index (χ1n) is 13.5. The summed E-state index contributed by atoms with van der Waals surface area (Å²) >= 11 is 0. The molecule has 15 heteroatoms. The van der Waals surface area contributed by atoms with Crippen molar-refractivity contribution in [3.8, 4) is 11.1 Å². The maximum absolute atomic E-state index is 15.0. The topological polar surface area (TPSA) is 103 Å². The lowest BCUT2D eigenvalue weighted by molar-refractivity contribution is -0.142. The number of pyridine rings is 1. The van der Waals surface area contributed by atoms with Gasteiger partial charge in [0.2, 0.25) is 5.91 Å². The van der Waals surface area contributed by atoms with Crippen LogP contribution in [0, 0.1) is 23.4 Å². The summed E-state index contributed by atoms with van der Waals surface area (Å²) < 4.78 is 114. The van der Waals surface area contributed by atoms with Crippen molar-refractivity contribution in [2.75, 3.05) is 0 Å². The van der Waals surface area contributed by atoms with Crippen LogP contribution < -0.4 is 11.1 Å². The van der Waals surface area contributed by atoms with Crippen molar-refractivity contribution < 1.29 is 44.7 Å². The van der Waals surface area contributed by atoms with Gasteiger partial charge in [0.1, 0.15) is 29.7 Å². The van der Waals surface area contributed by atoms with E-state index in [0.717, 1.165) is 24.3 Å². The fraction of sp³-hybridized carbons (Fsp3) is 0.267. The summed E-state index contributed by atoms with van der Waals surface area (Å²) in [6.45, 7) is -1.04. The summed E-state index contributed by atoms with van der Waals surface area (Å²) in [5.41, 5.74) is 2.28. The highest BCUT2D eigenvalue weighted by atomic mass is 19.4. The van der Waals surface area contributed by atoms with E-state index >= 15 is 8.78 Å². The molecule has 1 fully saturated rings. The zero-order chi connectivity index (χ0) is 32.4. The van der Waals surface area contributed by atoms with Crippen LogP contribution in [0.4, 0.5) is 35.1 Å². The second kappa shape index (κ2) is 10.7. The van der Waals surface area contributed by atoms with Gasteiger partial charge in [0, 0.05) is 29.3 Å². The van der Waals surface area contributed by atoms with E-state index in [2.05, 4.69) is 15.4 Å². The smallest absolute Gasteiger partial charge is 0.366 e. The van der Waals surface area contributed by atoms with Crippen LogP contribution in [0.5, 0.6) is 0 Å². The predicted molar refractivity (Wildman–Crippen MR) is 141 cm³/mol. The van der Waals surface area contributed by atoms with Crippen LogP contribution in [0.15, 0.2) is 54.7 Å². The number of primary amides is 1. The van der Waals surface area contributed by atoms with E-state index in [0.29, 0.717) is 10.7 Å². The number of amides is 2. The Morgan fingerprint density at radius 3 is 2.44 bits per heavy atom. The molecule has 2 aromatic carbocycles. The molecule has 3 N–H and O–H groups in total. The van der Waals surface area contributed by atoms with Crippen molar-refractivity contribution in [2.24, 2.45) is 11.7 Å². The molecule has 1 unspecified atom stereocenters. The molecule has 0 spiro atoms. The van der Waals surface area contributed by atoms with Gasteiger partial charge in [-0.2, -0.15) is 27.1 Å². The minimum Gasteiger partial charge on any atom is -0.366 e. The standard InChI is InChI=1S/C30H21F8N5O2/c31-15-6-13(7-16(32)10-15)8-22(25-17(2-1-5-40-25)14-3-4-21(33)19(9-14)28(39)45)41-23(44)12-43-27-24(26(42-43)30(36,37)38)18-11-20(18)29(27,34)35/h1-7,9-10,18,20,22H,8,11-12H2,(H2,39,45)(H,41,44)/t18-,20?,22+/m1/s1. The van der Waals surface area contributed by atoms with Gasteiger partial charge in [0.15, 0.2) is 5.69 Å². The number of alkyl halides is 5. The van der Waals surface area contributed by atoms with E-state index < -0.39 is 88.3 Å². The number of nitrogens with two attached hydrogens (primary N) is 1. The lowest BCUT2D eigenvalue weighted by atomic mass is 9.94. The number of carbonyl (C=O) groups is 2. The Kier molecular flexibility index (Phi) is 7.16. The van der Waals surface area contributed by atoms with Gasteiger partial charge in [0.25, 0.3) is 11.8 Å². The van der Waals surface area contributed by atoms with E-state index in [4.69, 9.17) is 5.73 Å². The Morgan fingerprint density at radius 1 is 1.07 bits per heavy atom. The van der Waals surface area contributed by atoms with Gasteiger partial charge in [-0.05, 0) is 60.2 Å². The van der Waals surface area contributed by atoms with Crippen LogP contribution in [0.2, 0.25) is 0 Å². The minimum atomic E-state index is -5.04. The number of hydrogen-bond donors (Lipinski definition) is 2. The molecule has 7 nitrogen and oxygen atoms in total. The van der Waals surface area contributed by atoms with Crippen molar-refractivity contribution in [2.45, 2.75) is 43.4 Å². The van der Waals surface area contributed by atoms with Crippen LogP contribution in [0.1, 0.15) is 56.9 Å². The van der Waals surface area contributed by atoms with Gasteiger partial charge in [-0.3, -0.25) is 19.3 Å². The predicted octanol–water partition coefficient (Wildman–Crippen LogP) is 5.79. The van der Waals surface area contributed by atoms with Gasteiger partial charge in [0.05, 0.1) is 17.3 Å². The summed E-state index contributed by atoms with van der Waals surface area (Å²) in [4.78, 5) is 29.4. The number of rotatable bonds is 8. The molecule has 234 valence electrons. The number of nitrogens with zero attached hydrogens (tertiary/aromatic N) is 3. The first-order valence-corrected chi connectivity index (χ1v) is 13.5. The van der Waals surface area contributed by atoms with Gasteiger partial charge >= 0.3 is 6.18 Å². The van der Waals surface area contributed by atoms with Gasteiger partial charge in [-0.1, -0.05) is 12.1 Å². The zero-order valence-corrected chi connectivity index (χ0v) is 22.8. The highest BCUT2D eigenvalue weighted by Gasteiger charge is 2.68. The largest absolute Gasteiger partial charge is 0.435 e. The third-order valence-electron chi connectivity index (χ3n) is 7.90. The molecular weight excluding hydrogens is 614 g/mol. The molecule has 0 radical (unpaired) electrons. The fourth-order valence-electron chi connectivity index (χ4n) is 5.97. The first-order chi connectivity index (χ1) is 21.1. The molecule has 0 bridgehead atoms. The van der Waals surface area contributed by atoms with Crippen molar-refractivity contribution in [3.05, 3.63) is 106 Å². The highest BCUT2D eigenvalue weighted by Crippen LogP contribution is 2.68. The second-order valence-electron chi connectivity index (χ2n) is 10.9. The number of carbonyl (C=O) groups excluding carboxylic acids is 2. The molecule has 2 amide bonds. The van der Waals surface area contributed by atoms with Crippen LogP contribution in [-0.2, 0) is 29.9 Å². The van der Waals surface area contributed by atoms with Gasteiger partial charge in [-0.25, -0.2) is 13.2 Å². The third kappa shape index (κ3) is 5.51. The SMILES string of the molecule is NC(=O)c1cc(-c2cccnc2[C@H](Cc2cc(F)cc(F)c2)NC(=O)Cn2nc(C(F)(F)F)c3c2C(F)(F)C2C[C@@H]32)ccc1F. The Hall–Kier alpha value is -4.82. The zero-order valence-electron chi connectivity index (χ0n) is 22.8. The summed E-state index contributed by atoms with van der Waals surface area (Å²) in [6.07, 6.45) is -4.17. The lowest BCUT2D eigenvalue weighted by Crippen LogP contribution is -2.35. The molecule has 3 atom stereocenters. The molecule has 45 heavy (non-hydrogen) atoms. The van der Waals surface area contributed by atoms with Gasteiger partial charge < -0.3 is 11.1 Å². The summed E-state index contributed by atoms with van der Waals surface area (Å²) in [5, 5.41) is 5.88. The molecule has 0 aliphatic heterocycles. The van der Waals surface area contributed by atoms with Crippen LogP contribution in [0.25, 0.3) is 11.1 Å². The van der Waals surface area contributed by atoms with E-state index in [9.17, 15) is 35.9 Å². The molecular formula is C30H21F8N5O2. The molecule has 2 aliphatic rings. The van der Waals surface area contributed by atoms with Crippen LogP contribution in [0.3, 0.4) is 0 Å². The lowest BCUT2D eigenvalue weighted by Gasteiger charge is -2.22.